The van der Waals surface area contributed by atoms with E-state index < -0.39 is 0 Å². The fraction of sp³-hybridized carbons (Fsp3) is 0.375. The van der Waals surface area contributed by atoms with E-state index in [4.69, 9.17) is 4.74 Å². The van der Waals surface area contributed by atoms with Crippen LogP contribution in [0, 0.1) is 5.82 Å². The highest BCUT2D eigenvalue weighted by molar-refractivity contribution is 5.90. The van der Waals surface area contributed by atoms with Gasteiger partial charge in [-0.25, -0.2) is 4.39 Å². The van der Waals surface area contributed by atoms with Crippen molar-refractivity contribution in [1.29, 1.82) is 0 Å². The Morgan fingerprint density at radius 2 is 2.32 bits per heavy atom. The molecule has 1 atom stereocenters. The maximum atomic E-state index is 13.5. The van der Waals surface area contributed by atoms with Gasteiger partial charge in [0, 0.05) is 12.6 Å². The van der Waals surface area contributed by atoms with Crippen LogP contribution in [0.2, 0.25) is 0 Å². The van der Waals surface area contributed by atoms with Crippen LogP contribution in [0.3, 0.4) is 0 Å². The molecule has 5 nitrogen and oxygen atoms in total. The predicted molar refractivity (Wildman–Crippen MR) is 79.8 cm³/mol. The predicted octanol–water partition coefficient (Wildman–Crippen LogP) is 1.80. The number of carbonyl (C=O) groups excluding carboxylic acids is 2. The number of halogens is 1. The number of hydrogen-bond acceptors (Lipinski definition) is 3. The molecule has 0 radical (unpaired) electrons. The maximum absolute atomic E-state index is 13.5. The SMILES string of the molecule is C=CC(=O)N(C)CC(=O)NC1CCCOc2ccc(F)cc21. The van der Waals surface area contributed by atoms with E-state index in [-0.39, 0.29) is 30.2 Å². The van der Waals surface area contributed by atoms with Gasteiger partial charge in [-0.2, -0.15) is 0 Å². The number of benzene rings is 1. The first-order valence-electron chi connectivity index (χ1n) is 7.10. The van der Waals surface area contributed by atoms with Crippen molar-refractivity contribution >= 4 is 11.8 Å². The lowest BCUT2D eigenvalue weighted by Gasteiger charge is -2.21. The van der Waals surface area contributed by atoms with E-state index in [2.05, 4.69) is 11.9 Å². The van der Waals surface area contributed by atoms with Gasteiger partial charge < -0.3 is 15.0 Å². The van der Waals surface area contributed by atoms with E-state index in [0.29, 0.717) is 24.3 Å². The lowest BCUT2D eigenvalue weighted by molar-refractivity contribution is -0.131. The summed E-state index contributed by atoms with van der Waals surface area (Å²) in [7, 11) is 1.52. The van der Waals surface area contributed by atoms with E-state index in [9.17, 15) is 14.0 Å². The van der Waals surface area contributed by atoms with Crippen molar-refractivity contribution in [3.05, 3.63) is 42.2 Å². The second-order valence-corrected chi connectivity index (χ2v) is 5.19. The molecule has 0 spiro atoms. The molecule has 0 aliphatic carbocycles. The number of fused-ring (bicyclic) bond motifs is 1. The highest BCUT2D eigenvalue weighted by Gasteiger charge is 2.23. The summed E-state index contributed by atoms with van der Waals surface area (Å²) >= 11 is 0. The van der Waals surface area contributed by atoms with Gasteiger partial charge in [0.2, 0.25) is 11.8 Å². The topological polar surface area (TPSA) is 58.6 Å². The summed E-state index contributed by atoms with van der Waals surface area (Å²) in [5.41, 5.74) is 0.628. The summed E-state index contributed by atoms with van der Waals surface area (Å²) < 4.78 is 19.0. The molecule has 1 heterocycles. The Balaban J connectivity index is 2.09. The van der Waals surface area contributed by atoms with Crippen LogP contribution in [-0.4, -0.2) is 36.9 Å². The molecule has 1 aliphatic heterocycles. The minimum Gasteiger partial charge on any atom is -0.493 e. The minimum atomic E-state index is -0.373. The quantitative estimate of drug-likeness (QED) is 0.863. The Morgan fingerprint density at radius 1 is 1.55 bits per heavy atom. The number of hydrogen-bond donors (Lipinski definition) is 1. The van der Waals surface area contributed by atoms with E-state index in [1.165, 1.54) is 24.1 Å². The zero-order valence-corrected chi connectivity index (χ0v) is 12.5. The molecule has 1 aromatic carbocycles. The lowest BCUT2D eigenvalue weighted by atomic mass is 10.0. The number of nitrogens with zero attached hydrogens (tertiary/aromatic N) is 1. The highest BCUT2D eigenvalue weighted by atomic mass is 19.1. The third-order valence-corrected chi connectivity index (χ3v) is 3.51. The van der Waals surface area contributed by atoms with Crippen molar-refractivity contribution in [3.8, 4) is 5.75 Å². The molecular weight excluding hydrogens is 287 g/mol. The van der Waals surface area contributed by atoms with Gasteiger partial charge in [0.15, 0.2) is 0 Å². The smallest absolute Gasteiger partial charge is 0.246 e. The van der Waals surface area contributed by atoms with Crippen LogP contribution >= 0.6 is 0 Å². The summed E-state index contributed by atoms with van der Waals surface area (Å²) in [4.78, 5) is 24.7. The summed E-state index contributed by atoms with van der Waals surface area (Å²) in [5.74, 6) is -0.423. The standard InChI is InChI=1S/C16H19FN2O3/c1-3-16(21)19(2)10-15(20)18-13-5-4-8-22-14-7-6-11(17)9-12(13)14/h3,6-7,9,13H,1,4-5,8,10H2,2H3,(H,18,20). The van der Waals surface area contributed by atoms with Crippen molar-refractivity contribution in [2.75, 3.05) is 20.2 Å². The molecule has 0 saturated carbocycles. The van der Waals surface area contributed by atoms with Crippen LogP contribution in [0.25, 0.3) is 0 Å². The highest BCUT2D eigenvalue weighted by Crippen LogP contribution is 2.31. The Hall–Kier alpha value is -2.37. The van der Waals surface area contributed by atoms with Gasteiger partial charge in [0.05, 0.1) is 19.2 Å². The Bertz CT molecular complexity index is 589. The van der Waals surface area contributed by atoms with Crippen molar-refractivity contribution in [2.24, 2.45) is 0 Å². The molecule has 1 aliphatic rings. The van der Waals surface area contributed by atoms with Crippen LogP contribution in [0.5, 0.6) is 5.75 Å². The Kier molecular flexibility index (Phi) is 5.14. The van der Waals surface area contributed by atoms with Crippen molar-refractivity contribution in [3.63, 3.8) is 0 Å². The Labute approximate surface area is 128 Å². The first kappa shape index (κ1) is 16.0. The minimum absolute atomic E-state index is 0.0765. The average Bonchev–Trinajstić information content (AvgIpc) is 2.68. The molecule has 2 amide bonds. The molecule has 0 bridgehead atoms. The van der Waals surface area contributed by atoms with Gasteiger partial charge in [0.25, 0.3) is 0 Å². The largest absolute Gasteiger partial charge is 0.493 e. The van der Waals surface area contributed by atoms with Gasteiger partial charge in [-0.3, -0.25) is 9.59 Å². The first-order valence-corrected chi connectivity index (χ1v) is 7.10. The summed E-state index contributed by atoms with van der Waals surface area (Å²) in [5, 5.41) is 2.84. The van der Waals surface area contributed by atoms with Crippen molar-refractivity contribution in [2.45, 2.75) is 18.9 Å². The van der Waals surface area contributed by atoms with Gasteiger partial charge in [-0.1, -0.05) is 6.58 Å². The fourth-order valence-electron chi connectivity index (χ4n) is 2.39. The number of carbonyl (C=O) groups is 2. The van der Waals surface area contributed by atoms with Crippen LogP contribution in [0.15, 0.2) is 30.9 Å². The molecule has 1 N–H and O–H groups in total. The molecule has 118 valence electrons. The molecule has 2 rings (SSSR count). The van der Waals surface area contributed by atoms with Crippen LogP contribution in [-0.2, 0) is 9.59 Å². The van der Waals surface area contributed by atoms with Crippen LogP contribution < -0.4 is 10.1 Å². The van der Waals surface area contributed by atoms with Crippen molar-refractivity contribution in [1.82, 2.24) is 10.2 Å². The summed E-state index contributed by atoms with van der Waals surface area (Å²) in [6.07, 6.45) is 2.56. The van der Waals surface area contributed by atoms with Gasteiger partial charge in [-0.05, 0) is 37.1 Å². The number of rotatable bonds is 4. The molecular formula is C16H19FN2O3. The number of amides is 2. The average molecular weight is 306 g/mol. The number of ether oxygens (including phenoxy) is 1. The number of likely N-dealkylation sites (N-methyl/N-ethyl adjacent to an activating group) is 1. The molecule has 0 fully saturated rings. The monoisotopic (exact) mass is 306 g/mol. The molecule has 1 unspecified atom stereocenters. The zero-order valence-electron chi connectivity index (χ0n) is 12.5. The van der Waals surface area contributed by atoms with E-state index >= 15 is 0 Å². The zero-order chi connectivity index (χ0) is 16.1. The maximum Gasteiger partial charge on any atom is 0.246 e. The summed E-state index contributed by atoms with van der Waals surface area (Å²) in [6, 6.07) is 3.96. The van der Waals surface area contributed by atoms with Gasteiger partial charge in [-0.15, -0.1) is 0 Å². The van der Waals surface area contributed by atoms with Gasteiger partial charge >= 0.3 is 0 Å². The third-order valence-electron chi connectivity index (χ3n) is 3.51. The third kappa shape index (κ3) is 3.84. The number of nitrogens with one attached hydrogen (secondary N) is 1. The molecule has 0 saturated heterocycles. The Morgan fingerprint density at radius 3 is 3.05 bits per heavy atom. The first-order chi connectivity index (χ1) is 10.5. The fourth-order valence-corrected chi connectivity index (χ4v) is 2.39. The molecule has 22 heavy (non-hydrogen) atoms. The summed E-state index contributed by atoms with van der Waals surface area (Å²) in [6.45, 7) is 3.83. The van der Waals surface area contributed by atoms with Crippen LogP contribution in [0.1, 0.15) is 24.4 Å². The molecule has 1 aromatic rings. The van der Waals surface area contributed by atoms with Crippen molar-refractivity contribution < 1.29 is 18.7 Å². The van der Waals surface area contributed by atoms with E-state index in [1.54, 1.807) is 6.07 Å². The van der Waals surface area contributed by atoms with Gasteiger partial charge in [0.1, 0.15) is 11.6 Å². The molecule has 0 aromatic heterocycles. The van der Waals surface area contributed by atoms with Crippen LogP contribution in [0.4, 0.5) is 4.39 Å². The second kappa shape index (κ2) is 7.06. The van der Waals surface area contributed by atoms with E-state index in [0.717, 1.165) is 12.5 Å². The second-order valence-electron chi connectivity index (χ2n) is 5.19. The molecule has 6 heteroatoms. The van der Waals surface area contributed by atoms with E-state index in [1.807, 2.05) is 0 Å². The lowest BCUT2D eigenvalue weighted by Crippen LogP contribution is -2.39. The normalized spacial score (nSPS) is 16.7.